The molecule has 0 atom stereocenters. The molecule has 5 heteroatoms. The highest BCUT2D eigenvalue weighted by molar-refractivity contribution is 5.48. The molecule has 5 nitrogen and oxygen atoms in total. The molecule has 0 spiro atoms. The molecule has 1 aliphatic heterocycles. The molecular formula is C15H27N5. The first-order valence-electron chi connectivity index (χ1n) is 7.61. The fourth-order valence-corrected chi connectivity index (χ4v) is 2.59. The summed E-state index contributed by atoms with van der Waals surface area (Å²) < 4.78 is 0. The van der Waals surface area contributed by atoms with Crippen LogP contribution in [0.4, 0.5) is 5.69 Å². The van der Waals surface area contributed by atoms with Gasteiger partial charge in [-0.15, -0.1) is 0 Å². The van der Waals surface area contributed by atoms with E-state index in [0.29, 0.717) is 12.5 Å². The van der Waals surface area contributed by atoms with Gasteiger partial charge < -0.3 is 15.5 Å². The molecule has 0 unspecified atom stereocenters. The van der Waals surface area contributed by atoms with Crippen LogP contribution in [0.2, 0.25) is 0 Å². The Balaban J connectivity index is 2.02. The van der Waals surface area contributed by atoms with E-state index in [-0.39, 0.29) is 0 Å². The maximum absolute atomic E-state index is 5.85. The van der Waals surface area contributed by atoms with Crippen molar-refractivity contribution in [1.82, 2.24) is 14.9 Å². The maximum atomic E-state index is 5.85. The molecule has 2 rings (SSSR count). The standard InChI is InChI=1S/C15H27N5/c1-12(2)15-17-11-14(13(10-16)18-15)19(3)8-9-20-6-4-5-7-20/h11-12H,4-10,16H2,1-3H3. The van der Waals surface area contributed by atoms with E-state index in [9.17, 15) is 0 Å². The Bertz CT molecular complexity index is 426. The Morgan fingerprint density at radius 2 is 2.05 bits per heavy atom. The van der Waals surface area contributed by atoms with E-state index in [1.54, 1.807) is 0 Å². The second-order valence-electron chi connectivity index (χ2n) is 5.89. The van der Waals surface area contributed by atoms with Crippen molar-refractivity contribution >= 4 is 5.69 Å². The highest BCUT2D eigenvalue weighted by Gasteiger charge is 2.15. The lowest BCUT2D eigenvalue weighted by Crippen LogP contribution is -2.32. The van der Waals surface area contributed by atoms with Crippen molar-refractivity contribution < 1.29 is 0 Å². The van der Waals surface area contributed by atoms with Crippen molar-refractivity contribution in [2.24, 2.45) is 5.73 Å². The van der Waals surface area contributed by atoms with Crippen LogP contribution in [0.3, 0.4) is 0 Å². The van der Waals surface area contributed by atoms with E-state index in [4.69, 9.17) is 5.73 Å². The first kappa shape index (κ1) is 15.2. The zero-order chi connectivity index (χ0) is 14.5. The summed E-state index contributed by atoms with van der Waals surface area (Å²) in [4.78, 5) is 13.8. The van der Waals surface area contributed by atoms with Crippen molar-refractivity contribution in [2.45, 2.75) is 39.2 Å². The van der Waals surface area contributed by atoms with Crippen LogP contribution in [0.15, 0.2) is 6.20 Å². The van der Waals surface area contributed by atoms with E-state index in [1.165, 1.54) is 25.9 Å². The van der Waals surface area contributed by atoms with Crippen LogP contribution >= 0.6 is 0 Å². The van der Waals surface area contributed by atoms with Crippen LogP contribution in [0.25, 0.3) is 0 Å². The van der Waals surface area contributed by atoms with Crippen LogP contribution in [0.5, 0.6) is 0 Å². The van der Waals surface area contributed by atoms with Crippen LogP contribution in [0, 0.1) is 0 Å². The smallest absolute Gasteiger partial charge is 0.131 e. The van der Waals surface area contributed by atoms with Crippen LogP contribution in [-0.2, 0) is 6.54 Å². The van der Waals surface area contributed by atoms with Crippen LogP contribution in [-0.4, -0.2) is 48.1 Å². The van der Waals surface area contributed by atoms with Gasteiger partial charge in [-0.3, -0.25) is 0 Å². The fraction of sp³-hybridized carbons (Fsp3) is 0.733. The van der Waals surface area contributed by atoms with Gasteiger partial charge in [-0.25, -0.2) is 9.97 Å². The number of aromatic nitrogens is 2. The summed E-state index contributed by atoms with van der Waals surface area (Å²) >= 11 is 0. The molecule has 0 radical (unpaired) electrons. The molecule has 1 aromatic heterocycles. The first-order chi connectivity index (χ1) is 9.61. The van der Waals surface area contributed by atoms with Gasteiger partial charge in [0.25, 0.3) is 0 Å². The molecule has 0 aliphatic carbocycles. The lowest BCUT2D eigenvalue weighted by Gasteiger charge is -2.24. The summed E-state index contributed by atoms with van der Waals surface area (Å²) in [5, 5.41) is 0. The van der Waals surface area contributed by atoms with E-state index < -0.39 is 0 Å². The predicted octanol–water partition coefficient (Wildman–Crippen LogP) is 1.59. The second kappa shape index (κ2) is 6.99. The summed E-state index contributed by atoms with van der Waals surface area (Å²) in [6.07, 6.45) is 4.60. The van der Waals surface area contributed by atoms with Gasteiger partial charge in [0.1, 0.15) is 5.82 Å². The molecule has 1 aliphatic rings. The number of rotatable bonds is 6. The van der Waals surface area contributed by atoms with Crippen molar-refractivity contribution in [3.63, 3.8) is 0 Å². The minimum Gasteiger partial charge on any atom is -0.371 e. The molecule has 2 N–H and O–H groups in total. The fourth-order valence-electron chi connectivity index (χ4n) is 2.59. The van der Waals surface area contributed by atoms with E-state index in [1.807, 2.05) is 6.20 Å². The third kappa shape index (κ3) is 3.67. The minimum atomic E-state index is 0.337. The van der Waals surface area contributed by atoms with Gasteiger partial charge in [-0.2, -0.15) is 0 Å². The van der Waals surface area contributed by atoms with Gasteiger partial charge in [-0.05, 0) is 25.9 Å². The number of nitrogens with zero attached hydrogens (tertiary/aromatic N) is 4. The molecule has 1 aromatic rings. The highest BCUT2D eigenvalue weighted by atomic mass is 15.2. The summed E-state index contributed by atoms with van der Waals surface area (Å²) in [6.45, 7) is 9.25. The molecule has 1 fully saturated rings. The zero-order valence-corrected chi connectivity index (χ0v) is 13.0. The lowest BCUT2D eigenvalue weighted by molar-refractivity contribution is 0.346. The van der Waals surface area contributed by atoms with Crippen molar-refractivity contribution in [2.75, 3.05) is 38.1 Å². The third-order valence-electron chi connectivity index (χ3n) is 3.94. The number of nitrogens with two attached hydrogens (primary N) is 1. The average molecular weight is 277 g/mol. The van der Waals surface area contributed by atoms with Gasteiger partial charge >= 0.3 is 0 Å². The monoisotopic (exact) mass is 277 g/mol. The van der Waals surface area contributed by atoms with E-state index in [0.717, 1.165) is 30.3 Å². The van der Waals surface area contributed by atoms with Crippen LogP contribution < -0.4 is 10.6 Å². The molecule has 0 saturated carbocycles. The highest BCUT2D eigenvalue weighted by Crippen LogP contribution is 2.19. The topological polar surface area (TPSA) is 58.3 Å². The zero-order valence-electron chi connectivity index (χ0n) is 13.0. The summed E-state index contributed by atoms with van der Waals surface area (Å²) in [7, 11) is 2.10. The van der Waals surface area contributed by atoms with Gasteiger partial charge in [0.15, 0.2) is 0 Å². The Labute approximate surface area is 122 Å². The molecule has 1 saturated heterocycles. The van der Waals surface area contributed by atoms with E-state index in [2.05, 4.69) is 40.7 Å². The number of hydrogen-bond acceptors (Lipinski definition) is 5. The Morgan fingerprint density at radius 3 is 2.65 bits per heavy atom. The van der Waals surface area contributed by atoms with Crippen molar-refractivity contribution in [1.29, 1.82) is 0 Å². The normalized spacial score (nSPS) is 16.1. The quantitative estimate of drug-likeness (QED) is 0.855. The molecule has 0 aromatic carbocycles. The maximum Gasteiger partial charge on any atom is 0.131 e. The summed E-state index contributed by atoms with van der Waals surface area (Å²) in [5.74, 6) is 1.21. The lowest BCUT2D eigenvalue weighted by atomic mass is 10.2. The Kier molecular flexibility index (Phi) is 5.31. The molecular weight excluding hydrogens is 250 g/mol. The number of likely N-dealkylation sites (N-methyl/N-ethyl adjacent to an activating group) is 1. The SMILES string of the molecule is CC(C)c1ncc(N(C)CCN2CCCC2)c(CN)n1. The predicted molar refractivity (Wildman–Crippen MR) is 83.0 cm³/mol. The number of anilines is 1. The van der Waals surface area contributed by atoms with Gasteiger partial charge in [-0.1, -0.05) is 13.8 Å². The third-order valence-corrected chi connectivity index (χ3v) is 3.94. The molecule has 112 valence electrons. The second-order valence-corrected chi connectivity index (χ2v) is 5.89. The van der Waals surface area contributed by atoms with Crippen molar-refractivity contribution in [3.05, 3.63) is 17.7 Å². The minimum absolute atomic E-state index is 0.337. The summed E-state index contributed by atoms with van der Waals surface area (Å²) in [6, 6.07) is 0. The largest absolute Gasteiger partial charge is 0.371 e. The summed E-state index contributed by atoms with van der Waals surface area (Å²) in [5.41, 5.74) is 7.87. The molecule has 2 heterocycles. The van der Waals surface area contributed by atoms with Gasteiger partial charge in [0.05, 0.1) is 17.6 Å². The van der Waals surface area contributed by atoms with Crippen molar-refractivity contribution in [3.8, 4) is 0 Å². The Hall–Kier alpha value is -1.20. The number of likely N-dealkylation sites (tertiary alicyclic amines) is 1. The Morgan fingerprint density at radius 1 is 1.35 bits per heavy atom. The van der Waals surface area contributed by atoms with Gasteiger partial charge in [0, 0.05) is 32.6 Å². The molecule has 0 bridgehead atoms. The molecule has 0 amide bonds. The van der Waals surface area contributed by atoms with E-state index >= 15 is 0 Å². The first-order valence-corrected chi connectivity index (χ1v) is 7.61. The average Bonchev–Trinajstić information content (AvgIpc) is 2.97. The van der Waals surface area contributed by atoms with Gasteiger partial charge in [0.2, 0.25) is 0 Å². The number of hydrogen-bond donors (Lipinski definition) is 1. The molecule has 20 heavy (non-hydrogen) atoms. The van der Waals surface area contributed by atoms with Crippen LogP contribution in [0.1, 0.15) is 44.1 Å².